The summed E-state index contributed by atoms with van der Waals surface area (Å²) in [6.45, 7) is 0. The molecule has 0 rings (SSSR count). The topological polar surface area (TPSA) is 74.6 Å². The van der Waals surface area contributed by atoms with Gasteiger partial charge in [-0.15, -0.1) is 11.6 Å². The predicted octanol–water partition coefficient (Wildman–Crippen LogP) is 1.57. The third-order valence-corrected chi connectivity index (χ3v) is 1.03. The Kier molecular flexibility index (Phi) is 11.8. The average Bonchev–Trinajstić information content (AvgIpc) is 2.02. The molecule has 0 radical (unpaired) electrons. The van der Waals surface area contributed by atoms with Crippen LogP contribution in [0.4, 0.5) is 0 Å². The lowest BCUT2D eigenvalue weighted by Crippen LogP contribution is -1.97. The number of carboxylic acid groups (broad SMARTS) is 2. The maximum absolute atomic E-state index is 9.90. The highest BCUT2D eigenvalue weighted by Crippen LogP contribution is 1.98. The summed E-state index contributed by atoms with van der Waals surface area (Å²) in [4.78, 5) is 19.8. The molecule has 12 heavy (non-hydrogen) atoms. The van der Waals surface area contributed by atoms with Gasteiger partial charge in [-0.05, 0) is 12.8 Å². The van der Waals surface area contributed by atoms with Crippen molar-refractivity contribution in [3.05, 3.63) is 0 Å². The summed E-state index contributed by atoms with van der Waals surface area (Å²) in [5, 5.41) is 16.3. The number of carbonyl (C=O) groups is 2. The van der Waals surface area contributed by atoms with Crippen molar-refractivity contribution in [2.75, 3.05) is 6.38 Å². The van der Waals surface area contributed by atoms with E-state index >= 15 is 0 Å². The molecule has 0 aliphatic rings. The second-order valence-corrected chi connectivity index (χ2v) is 1.99. The highest BCUT2D eigenvalue weighted by molar-refractivity contribution is 6.15. The van der Waals surface area contributed by atoms with Gasteiger partial charge in [-0.2, -0.15) is 0 Å². The summed E-state index contributed by atoms with van der Waals surface area (Å²) >= 11 is 4.64. The van der Waals surface area contributed by atoms with E-state index < -0.39 is 11.9 Å². The van der Waals surface area contributed by atoms with Gasteiger partial charge < -0.3 is 10.2 Å². The van der Waals surface area contributed by atoms with E-state index in [0.717, 1.165) is 0 Å². The molecule has 0 bridgehead atoms. The van der Waals surface area contributed by atoms with Gasteiger partial charge in [0.15, 0.2) is 0 Å². The summed E-state index contributed by atoms with van der Waals surface area (Å²) in [5.74, 6) is -1.74. The largest absolute Gasteiger partial charge is 0.481 e. The number of rotatable bonds is 5. The van der Waals surface area contributed by atoms with Crippen LogP contribution < -0.4 is 0 Å². The second-order valence-electron chi connectivity index (χ2n) is 1.99. The quantitative estimate of drug-likeness (QED) is 0.517. The van der Waals surface area contributed by atoms with Crippen molar-refractivity contribution in [1.29, 1.82) is 0 Å². The van der Waals surface area contributed by atoms with Crippen molar-refractivity contribution >= 4 is 23.5 Å². The molecule has 0 unspecified atom stereocenters. The molecular weight excluding hydrogens is 184 g/mol. The Morgan fingerprint density at radius 3 is 1.42 bits per heavy atom. The van der Waals surface area contributed by atoms with Crippen molar-refractivity contribution in [2.24, 2.45) is 0 Å². The van der Waals surface area contributed by atoms with Gasteiger partial charge in [-0.25, -0.2) is 0 Å². The SMILES string of the molecule is CCl.O=C(O)CCCCC(=O)O. The first kappa shape index (κ1) is 13.8. The minimum atomic E-state index is -0.870. The molecule has 0 saturated heterocycles. The summed E-state index contributed by atoms with van der Waals surface area (Å²) in [5.41, 5.74) is 0. The first-order chi connectivity index (χ1) is 5.63. The van der Waals surface area contributed by atoms with E-state index in [1.54, 1.807) is 0 Å². The van der Waals surface area contributed by atoms with Crippen LogP contribution in [-0.2, 0) is 9.59 Å². The first-order valence-electron chi connectivity index (χ1n) is 3.44. The lowest BCUT2D eigenvalue weighted by atomic mass is 10.2. The van der Waals surface area contributed by atoms with Crippen LogP contribution in [0.5, 0.6) is 0 Å². The van der Waals surface area contributed by atoms with Gasteiger partial charge in [0.25, 0.3) is 0 Å². The third kappa shape index (κ3) is 16.1. The average molecular weight is 197 g/mol. The molecule has 0 fully saturated rings. The van der Waals surface area contributed by atoms with Gasteiger partial charge in [0, 0.05) is 19.2 Å². The molecule has 0 aromatic heterocycles. The smallest absolute Gasteiger partial charge is 0.303 e. The van der Waals surface area contributed by atoms with Crippen LogP contribution in [0.1, 0.15) is 25.7 Å². The zero-order chi connectivity index (χ0) is 9.98. The lowest BCUT2D eigenvalue weighted by molar-refractivity contribution is -0.139. The molecule has 0 atom stereocenters. The van der Waals surface area contributed by atoms with E-state index in [0.29, 0.717) is 12.8 Å². The minimum Gasteiger partial charge on any atom is -0.481 e. The van der Waals surface area contributed by atoms with Crippen LogP contribution in [0, 0.1) is 0 Å². The van der Waals surface area contributed by atoms with Crippen LogP contribution in [0.25, 0.3) is 0 Å². The Morgan fingerprint density at radius 2 is 1.25 bits per heavy atom. The molecule has 5 heteroatoms. The molecule has 4 nitrogen and oxygen atoms in total. The van der Waals surface area contributed by atoms with Crippen LogP contribution in [0.2, 0.25) is 0 Å². The van der Waals surface area contributed by atoms with Gasteiger partial charge in [-0.1, -0.05) is 0 Å². The molecule has 0 saturated carbocycles. The fourth-order valence-electron chi connectivity index (χ4n) is 0.552. The minimum absolute atomic E-state index is 0.0628. The molecule has 0 aliphatic heterocycles. The maximum Gasteiger partial charge on any atom is 0.303 e. The van der Waals surface area contributed by atoms with Crippen molar-refractivity contribution in [2.45, 2.75) is 25.7 Å². The monoisotopic (exact) mass is 196 g/mol. The number of halogens is 1. The zero-order valence-corrected chi connectivity index (χ0v) is 7.67. The Hall–Kier alpha value is -0.770. The predicted molar refractivity (Wildman–Crippen MR) is 45.5 cm³/mol. The Balaban J connectivity index is 0. The van der Waals surface area contributed by atoms with Crippen LogP contribution >= 0.6 is 11.6 Å². The van der Waals surface area contributed by atoms with E-state index in [1.807, 2.05) is 0 Å². The van der Waals surface area contributed by atoms with Gasteiger partial charge >= 0.3 is 11.9 Å². The zero-order valence-electron chi connectivity index (χ0n) is 6.92. The summed E-state index contributed by atoms with van der Waals surface area (Å²) in [6.07, 6.45) is 2.49. The second kappa shape index (κ2) is 10.2. The van der Waals surface area contributed by atoms with Gasteiger partial charge in [0.2, 0.25) is 0 Å². The Morgan fingerprint density at radius 1 is 1.00 bits per heavy atom. The van der Waals surface area contributed by atoms with E-state index in [9.17, 15) is 9.59 Å². The molecule has 2 N–H and O–H groups in total. The normalized spacial score (nSPS) is 8.17. The number of unbranched alkanes of at least 4 members (excludes halogenated alkanes) is 1. The number of aliphatic carboxylic acids is 2. The number of carboxylic acids is 2. The number of hydrogen-bond acceptors (Lipinski definition) is 2. The lowest BCUT2D eigenvalue weighted by Gasteiger charge is -1.92. The molecule has 0 aliphatic carbocycles. The fraction of sp³-hybridized carbons (Fsp3) is 0.714. The van der Waals surface area contributed by atoms with Crippen LogP contribution in [-0.4, -0.2) is 28.5 Å². The molecule has 0 spiro atoms. The van der Waals surface area contributed by atoms with Crippen molar-refractivity contribution in [3.63, 3.8) is 0 Å². The molecule has 0 amide bonds. The first-order valence-corrected chi connectivity index (χ1v) is 4.20. The maximum atomic E-state index is 9.90. The summed E-state index contributed by atoms with van der Waals surface area (Å²) < 4.78 is 0. The van der Waals surface area contributed by atoms with E-state index in [2.05, 4.69) is 11.6 Å². The summed E-state index contributed by atoms with van der Waals surface area (Å²) in [6, 6.07) is 0. The highest BCUT2D eigenvalue weighted by Gasteiger charge is 1.99. The highest BCUT2D eigenvalue weighted by atomic mass is 35.5. The van der Waals surface area contributed by atoms with Gasteiger partial charge in [0.05, 0.1) is 0 Å². The molecular formula is C7H13ClO4. The van der Waals surface area contributed by atoms with Crippen molar-refractivity contribution in [1.82, 2.24) is 0 Å². The van der Waals surface area contributed by atoms with E-state index in [4.69, 9.17) is 10.2 Å². The van der Waals surface area contributed by atoms with Crippen LogP contribution in [0.3, 0.4) is 0 Å². The summed E-state index contributed by atoms with van der Waals surface area (Å²) in [7, 11) is 0. The Labute approximate surface area is 76.1 Å². The van der Waals surface area contributed by atoms with E-state index in [1.165, 1.54) is 6.38 Å². The Bertz CT molecular complexity index is 119. The van der Waals surface area contributed by atoms with E-state index in [-0.39, 0.29) is 12.8 Å². The number of hydrogen-bond donors (Lipinski definition) is 2. The van der Waals surface area contributed by atoms with Crippen LogP contribution in [0.15, 0.2) is 0 Å². The standard InChI is InChI=1S/C6H10O4.CH3Cl/c7-5(8)3-1-2-4-6(9)10;1-2/h1-4H2,(H,7,8)(H,9,10);1H3. The van der Waals surface area contributed by atoms with Gasteiger partial charge in [-0.3, -0.25) is 9.59 Å². The van der Waals surface area contributed by atoms with Crippen molar-refractivity contribution < 1.29 is 19.8 Å². The van der Waals surface area contributed by atoms with Gasteiger partial charge in [0.1, 0.15) is 0 Å². The third-order valence-electron chi connectivity index (χ3n) is 1.03. The van der Waals surface area contributed by atoms with Crippen molar-refractivity contribution in [3.8, 4) is 0 Å². The molecule has 0 aromatic carbocycles. The number of alkyl halides is 1. The molecule has 72 valence electrons. The molecule has 0 heterocycles. The fourth-order valence-corrected chi connectivity index (χ4v) is 0.552. The molecule has 0 aromatic rings.